The standard InChI is InChI=1S/C11H10F3NO2/c1-2-17-10(16)4-3-8-7-15-6-5-9(8)11(12,13)14/h3-7H,2H2,1H3. The molecule has 6 heteroatoms. The van der Waals surface area contributed by atoms with Crippen LogP contribution in [0.25, 0.3) is 6.08 Å². The third-order valence-corrected chi connectivity index (χ3v) is 1.84. The van der Waals surface area contributed by atoms with Gasteiger partial charge in [-0.2, -0.15) is 13.2 Å². The average Bonchev–Trinajstić information content (AvgIpc) is 2.26. The van der Waals surface area contributed by atoms with Crippen molar-refractivity contribution >= 4 is 12.0 Å². The first-order valence-corrected chi connectivity index (χ1v) is 4.81. The van der Waals surface area contributed by atoms with Crippen LogP contribution in [0.5, 0.6) is 0 Å². The SMILES string of the molecule is CCOC(=O)C=Cc1cnccc1C(F)(F)F. The maximum absolute atomic E-state index is 12.5. The molecule has 0 amide bonds. The highest BCUT2D eigenvalue weighted by molar-refractivity contribution is 5.87. The van der Waals surface area contributed by atoms with E-state index in [1.807, 2.05) is 0 Å². The number of aromatic nitrogens is 1. The van der Waals surface area contributed by atoms with Crippen molar-refractivity contribution in [2.24, 2.45) is 0 Å². The number of rotatable bonds is 3. The van der Waals surface area contributed by atoms with Gasteiger partial charge in [-0.1, -0.05) is 0 Å². The van der Waals surface area contributed by atoms with Crippen LogP contribution in [0.2, 0.25) is 0 Å². The Kier molecular flexibility index (Phi) is 4.25. The van der Waals surface area contributed by atoms with Gasteiger partial charge in [-0.05, 0) is 19.1 Å². The lowest BCUT2D eigenvalue weighted by molar-refractivity contribution is -0.138. The number of pyridine rings is 1. The minimum absolute atomic E-state index is 0.169. The van der Waals surface area contributed by atoms with Crippen LogP contribution < -0.4 is 0 Å². The quantitative estimate of drug-likeness (QED) is 0.607. The van der Waals surface area contributed by atoms with Crippen molar-refractivity contribution < 1.29 is 22.7 Å². The van der Waals surface area contributed by atoms with Crippen LogP contribution in [-0.2, 0) is 15.7 Å². The van der Waals surface area contributed by atoms with Crippen LogP contribution in [0, 0.1) is 0 Å². The summed E-state index contributed by atoms with van der Waals surface area (Å²) in [6, 6.07) is 0.852. The first-order chi connectivity index (χ1) is 7.95. The van der Waals surface area contributed by atoms with E-state index in [0.717, 1.165) is 30.6 Å². The Hall–Kier alpha value is -1.85. The number of nitrogens with zero attached hydrogens (tertiary/aromatic N) is 1. The molecule has 17 heavy (non-hydrogen) atoms. The average molecular weight is 245 g/mol. The van der Waals surface area contributed by atoms with Crippen molar-refractivity contribution in [2.75, 3.05) is 6.61 Å². The Morgan fingerprint density at radius 2 is 2.24 bits per heavy atom. The van der Waals surface area contributed by atoms with Gasteiger partial charge in [0, 0.05) is 24.0 Å². The lowest BCUT2D eigenvalue weighted by atomic mass is 10.1. The summed E-state index contributed by atoms with van der Waals surface area (Å²) in [5, 5.41) is 0. The minimum atomic E-state index is -4.47. The van der Waals surface area contributed by atoms with E-state index in [4.69, 9.17) is 0 Å². The molecule has 0 aliphatic heterocycles. The molecule has 0 saturated heterocycles. The molecule has 0 radical (unpaired) electrons. The minimum Gasteiger partial charge on any atom is -0.463 e. The van der Waals surface area contributed by atoms with Gasteiger partial charge < -0.3 is 4.74 Å². The number of hydrogen-bond donors (Lipinski definition) is 0. The zero-order chi connectivity index (χ0) is 12.9. The maximum Gasteiger partial charge on any atom is 0.417 e. The highest BCUT2D eigenvalue weighted by Crippen LogP contribution is 2.31. The fourth-order valence-corrected chi connectivity index (χ4v) is 1.15. The van der Waals surface area contributed by atoms with E-state index in [0.29, 0.717) is 0 Å². The second-order valence-electron chi connectivity index (χ2n) is 3.05. The number of alkyl halides is 3. The first kappa shape index (κ1) is 13.2. The summed E-state index contributed by atoms with van der Waals surface area (Å²) in [5.41, 5.74) is -1.01. The Balaban J connectivity index is 2.95. The van der Waals surface area contributed by atoms with Crippen LogP contribution in [0.15, 0.2) is 24.5 Å². The Morgan fingerprint density at radius 1 is 1.53 bits per heavy atom. The van der Waals surface area contributed by atoms with Crippen LogP contribution in [-0.4, -0.2) is 17.6 Å². The van der Waals surface area contributed by atoms with Gasteiger partial charge in [0.05, 0.1) is 12.2 Å². The fourth-order valence-electron chi connectivity index (χ4n) is 1.15. The molecule has 1 heterocycles. The van der Waals surface area contributed by atoms with E-state index in [1.54, 1.807) is 6.92 Å². The zero-order valence-corrected chi connectivity index (χ0v) is 8.99. The van der Waals surface area contributed by atoms with E-state index in [1.165, 1.54) is 0 Å². The highest BCUT2D eigenvalue weighted by Gasteiger charge is 2.32. The molecule has 92 valence electrons. The molecule has 0 atom stereocenters. The third-order valence-electron chi connectivity index (χ3n) is 1.84. The summed E-state index contributed by atoms with van der Waals surface area (Å²) >= 11 is 0. The van der Waals surface area contributed by atoms with Crippen molar-refractivity contribution in [1.82, 2.24) is 4.98 Å². The van der Waals surface area contributed by atoms with Crippen LogP contribution in [0.1, 0.15) is 18.1 Å². The van der Waals surface area contributed by atoms with Crippen molar-refractivity contribution in [3.63, 3.8) is 0 Å². The Morgan fingerprint density at radius 3 is 2.82 bits per heavy atom. The number of esters is 1. The van der Waals surface area contributed by atoms with Crippen molar-refractivity contribution in [3.05, 3.63) is 35.7 Å². The molecule has 0 aliphatic rings. The molecule has 0 spiro atoms. The summed E-state index contributed by atoms with van der Waals surface area (Å²) in [7, 11) is 0. The number of hydrogen-bond acceptors (Lipinski definition) is 3. The second kappa shape index (κ2) is 5.47. The number of ether oxygens (including phenoxy) is 1. The van der Waals surface area contributed by atoms with E-state index in [2.05, 4.69) is 9.72 Å². The molecular weight excluding hydrogens is 235 g/mol. The molecule has 0 aromatic carbocycles. The van der Waals surface area contributed by atoms with Gasteiger partial charge in [0.15, 0.2) is 0 Å². The lowest BCUT2D eigenvalue weighted by Gasteiger charge is -2.08. The van der Waals surface area contributed by atoms with Crippen molar-refractivity contribution in [2.45, 2.75) is 13.1 Å². The molecule has 0 unspecified atom stereocenters. The lowest BCUT2D eigenvalue weighted by Crippen LogP contribution is -2.07. The zero-order valence-electron chi connectivity index (χ0n) is 8.99. The van der Waals surface area contributed by atoms with Gasteiger partial charge in [0.1, 0.15) is 0 Å². The predicted octanol–water partition coefficient (Wildman–Crippen LogP) is 2.68. The summed E-state index contributed by atoms with van der Waals surface area (Å²) < 4.78 is 42.2. The van der Waals surface area contributed by atoms with Gasteiger partial charge >= 0.3 is 12.1 Å². The number of halogens is 3. The number of carbonyl (C=O) groups is 1. The highest BCUT2D eigenvalue weighted by atomic mass is 19.4. The Bertz CT molecular complexity index is 427. The molecule has 0 fully saturated rings. The molecular formula is C11H10F3NO2. The number of carbonyl (C=O) groups excluding carboxylic acids is 1. The summed E-state index contributed by atoms with van der Waals surface area (Å²) in [4.78, 5) is 14.5. The molecule has 0 saturated carbocycles. The second-order valence-corrected chi connectivity index (χ2v) is 3.05. The largest absolute Gasteiger partial charge is 0.463 e. The molecule has 1 rings (SSSR count). The normalized spacial score (nSPS) is 11.8. The first-order valence-electron chi connectivity index (χ1n) is 4.81. The van der Waals surface area contributed by atoms with Gasteiger partial charge in [-0.15, -0.1) is 0 Å². The smallest absolute Gasteiger partial charge is 0.417 e. The van der Waals surface area contributed by atoms with Gasteiger partial charge in [0.2, 0.25) is 0 Å². The molecule has 3 nitrogen and oxygen atoms in total. The summed E-state index contributed by atoms with van der Waals surface area (Å²) in [5.74, 6) is -0.690. The summed E-state index contributed by atoms with van der Waals surface area (Å²) in [6.45, 7) is 1.78. The van der Waals surface area contributed by atoms with E-state index < -0.39 is 17.7 Å². The van der Waals surface area contributed by atoms with E-state index in [-0.39, 0.29) is 12.2 Å². The van der Waals surface area contributed by atoms with Crippen LogP contribution >= 0.6 is 0 Å². The molecule has 1 aromatic rings. The van der Waals surface area contributed by atoms with E-state index in [9.17, 15) is 18.0 Å². The van der Waals surface area contributed by atoms with Crippen LogP contribution in [0.4, 0.5) is 13.2 Å². The third kappa shape index (κ3) is 3.90. The Labute approximate surface area is 95.9 Å². The summed E-state index contributed by atoms with van der Waals surface area (Å²) in [6.07, 6.45) is -0.413. The van der Waals surface area contributed by atoms with Crippen LogP contribution in [0.3, 0.4) is 0 Å². The fraction of sp³-hybridized carbons (Fsp3) is 0.273. The molecule has 0 aliphatic carbocycles. The monoisotopic (exact) mass is 245 g/mol. The van der Waals surface area contributed by atoms with Crippen molar-refractivity contribution in [1.29, 1.82) is 0 Å². The maximum atomic E-state index is 12.5. The van der Waals surface area contributed by atoms with Gasteiger partial charge in [0.25, 0.3) is 0 Å². The predicted molar refractivity (Wildman–Crippen MR) is 54.9 cm³/mol. The molecule has 0 N–H and O–H groups in total. The van der Waals surface area contributed by atoms with Gasteiger partial charge in [-0.25, -0.2) is 4.79 Å². The molecule has 0 bridgehead atoms. The van der Waals surface area contributed by atoms with Gasteiger partial charge in [-0.3, -0.25) is 4.98 Å². The topological polar surface area (TPSA) is 39.2 Å². The molecule has 1 aromatic heterocycles. The van der Waals surface area contributed by atoms with Crippen molar-refractivity contribution in [3.8, 4) is 0 Å². The van der Waals surface area contributed by atoms with E-state index >= 15 is 0 Å².